The number of hydrogen-bond acceptors (Lipinski definition) is 1. The van der Waals surface area contributed by atoms with E-state index in [1.807, 2.05) is 24.3 Å². The quantitative estimate of drug-likeness (QED) is 0.758. The Hall–Kier alpha value is -1.66. The van der Waals surface area contributed by atoms with Gasteiger partial charge in [0.15, 0.2) is 0 Å². The SMILES string of the molecule is N#Cc1ccc(F)cc1-c1ccc(CBr)cc1. The Labute approximate surface area is 108 Å². The molecule has 0 spiro atoms. The van der Waals surface area contributed by atoms with Gasteiger partial charge < -0.3 is 0 Å². The molecular weight excluding hydrogens is 281 g/mol. The molecule has 1 nitrogen and oxygen atoms in total. The lowest BCUT2D eigenvalue weighted by molar-refractivity contribution is 0.628. The number of rotatable bonds is 2. The zero-order chi connectivity index (χ0) is 12.3. The van der Waals surface area contributed by atoms with Crippen molar-refractivity contribution in [1.82, 2.24) is 0 Å². The minimum Gasteiger partial charge on any atom is -0.207 e. The Bertz CT molecular complexity index is 570. The first-order chi connectivity index (χ1) is 8.24. The van der Waals surface area contributed by atoms with Crippen LogP contribution in [0.5, 0.6) is 0 Å². The van der Waals surface area contributed by atoms with Gasteiger partial charge in [-0.3, -0.25) is 0 Å². The van der Waals surface area contributed by atoms with E-state index in [1.165, 1.54) is 18.2 Å². The van der Waals surface area contributed by atoms with Crippen LogP contribution >= 0.6 is 15.9 Å². The molecule has 0 N–H and O–H groups in total. The number of hydrogen-bond donors (Lipinski definition) is 0. The molecule has 0 unspecified atom stereocenters. The summed E-state index contributed by atoms with van der Waals surface area (Å²) in [5.41, 5.74) is 3.11. The highest BCUT2D eigenvalue weighted by Gasteiger charge is 2.06. The predicted molar refractivity (Wildman–Crippen MR) is 69.2 cm³/mol. The van der Waals surface area contributed by atoms with Gasteiger partial charge in [-0.15, -0.1) is 0 Å². The van der Waals surface area contributed by atoms with E-state index in [0.717, 1.165) is 16.5 Å². The van der Waals surface area contributed by atoms with Crippen LogP contribution in [0.3, 0.4) is 0 Å². The predicted octanol–water partition coefficient (Wildman–Crippen LogP) is 4.26. The fraction of sp³-hybridized carbons (Fsp3) is 0.0714. The van der Waals surface area contributed by atoms with Crippen LogP contribution < -0.4 is 0 Å². The Kier molecular flexibility index (Phi) is 3.55. The molecule has 0 heterocycles. The van der Waals surface area contributed by atoms with E-state index in [9.17, 15) is 4.39 Å². The van der Waals surface area contributed by atoms with Crippen LogP contribution in [0.15, 0.2) is 42.5 Å². The summed E-state index contributed by atoms with van der Waals surface area (Å²) < 4.78 is 13.2. The van der Waals surface area contributed by atoms with Gasteiger partial charge in [0.1, 0.15) is 5.82 Å². The van der Waals surface area contributed by atoms with Crippen LogP contribution in [-0.2, 0) is 5.33 Å². The van der Waals surface area contributed by atoms with Crippen molar-refractivity contribution in [2.75, 3.05) is 0 Å². The first kappa shape index (κ1) is 11.8. The van der Waals surface area contributed by atoms with Gasteiger partial charge in [-0.25, -0.2) is 4.39 Å². The average Bonchev–Trinajstić information content (AvgIpc) is 2.39. The zero-order valence-electron chi connectivity index (χ0n) is 8.95. The molecule has 2 rings (SSSR count). The first-order valence-electron chi connectivity index (χ1n) is 5.09. The maximum Gasteiger partial charge on any atom is 0.123 e. The van der Waals surface area contributed by atoms with Crippen LogP contribution in [-0.4, -0.2) is 0 Å². The molecular formula is C14H9BrFN. The molecule has 17 heavy (non-hydrogen) atoms. The molecule has 0 aromatic heterocycles. The van der Waals surface area contributed by atoms with E-state index in [2.05, 4.69) is 22.0 Å². The third-order valence-corrected chi connectivity index (χ3v) is 3.17. The maximum absolute atomic E-state index is 13.2. The lowest BCUT2D eigenvalue weighted by Crippen LogP contribution is -1.87. The molecule has 0 radical (unpaired) electrons. The minimum atomic E-state index is -0.330. The number of alkyl halides is 1. The largest absolute Gasteiger partial charge is 0.207 e. The average molecular weight is 290 g/mol. The fourth-order valence-electron chi connectivity index (χ4n) is 1.63. The van der Waals surface area contributed by atoms with Gasteiger partial charge in [-0.1, -0.05) is 40.2 Å². The number of halogens is 2. The summed E-state index contributed by atoms with van der Waals surface area (Å²) in [6, 6.07) is 14.0. The second-order valence-corrected chi connectivity index (χ2v) is 4.19. The standard InChI is InChI=1S/C14H9BrFN/c15-8-10-1-3-11(4-2-10)14-7-13(16)6-5-12(14)9-17/h1-7H,8H2. The van der Waals surface area contributed by atoms with E-state index >= 15 is 0 Å². The van der Waals surface area contributed by atoms with E-state index < -0.39 is 0 Å². The molecule has 0 aliphatic rings. The Morgan fingerprint density at radius 3 is 2.41 bits per heavy atom. The van der Waals surface area contributed by atoms with Gasteiger partial charge in [0.05, 0.1) is 11.6 Å². The molecule has 0 amide bonds. The van der Waals surface area contributed by atoms with E-state index in [-0.39, 0.29) is 5.82 Å². The summed E-state index contributed by atoms with van der Waals surface area (Å²) in [6.45, 7) is 0. The molecule has 0 bridgehead atoms. The van der Waals surface area contributed by atoms with Crippen molar-refractivity contribution in [1.29, 1.82) is 5.26 Å². The summed E-state index contributed by atoms with van der Waals surface area (Å²) in [5, 5.41) is 9.77. The van der Waals surface area contributed by atoms with Gasteiger partial charge in [-0.2, -0.15) is 5.26 Å². The highest BCUT2D eigenvalue weighted by atomic mass is 79.9. The van der Waals surface area contributed by atoms with Crippen LogP contribution in [0, 0.1) is 17.1 Å². The van der Waals surface area contributed by atoms with Crippen LogP contribution in [0.1, 0.15) is 11.1 Å². The van der Waals surface area contributed by atoms with Crippen molar-refractivity contribution < 1.29 is 4.39 Å². The lowest BCUT2D eigenvalue weighted by atomic mass is 9.99. The monoisotopic (exact) mass is 289 g/mol. The Morgan fingerprint density at radius 2 is 1.82 bits per heavy atom. The van der Waals surface area contributed by atoms with Crippen molar-refractivity contribution in [3.63, 3.8) is 0 Å². The molecule has 0 aliphatic heterocycles. The summed E-state index contributed by atoms with van der Waals surface area (Å²) in [5.74, 6) is -0.330. The van der Waals surface area contributed by atoms with Crippen LogP contribution in [0.25, 0.3) is 11.1 Å². The van der Waals surface area contributed by atoms with Crippen molar-refractivity contribution in [2.45, 2.75) is 5.33 Å². The maximum atomic E-state index is 13.2. The van der Waals surface area contributed by atoms with Crippen molar-refractivity contribution in [2.24, 2.45) is 0 Å². The van der Waals surface area contributed by atoms with Gasteiger partial charge in [0.25, 0.3) is 0 Å². The number of benzene rings is 2. The van der Waals surface area contributed by atoms with Crippen molar-refractivity contribution >= 4 is 15.9 Å². The van der Waals surface area contributed by atoms with E-state index in [4.69, 9.17) is 5.26 Å². The van der Waals surface area contributed by atoms with E-state index in [1.54, 1.807) is 0 Å². The molecule has 0 aliphatic carbocycles. The molecule has 3 heteroatoms. The highest BCUT2D eigenvalue weighted by molar-refractivity contribution is 9.08. The Morgan fingerprint density at radius 1 is 1.12 bits per heavy atom. The normalized spacial score (nSPS) is 9.94. The van der Waals surface area contributed by atoms with Gasteiger partial charge in [-0.05, 0) is 29.3 Å². The molecule has 0 saturated heterocycles. The first-order valence-corrected chi connectivity index (χ1v) is 6.21. The van der Waals surface area contributed by atoms with E-state index in [0.29, 0.717) is 11.1 Å². The van der Waals surface area contributed by atoms with Crippen LogP contribution in [0.2, 0.25) is 0 Å². The van der Waals surface area contributed by atoms with Crippen molar-refractivity contribution in [3.05, 3.63) is 59.4 Å². The highest BCUT2D eigenvalue weighted by Crippen LogP contribution is 2.25. The van der Waals surface area contributed by atoms with Gasteiger partial charge in [0, 0.05) is 10.9 Å². The topological polar surface area (TPSA) is 23.8 Å². The zero-order valence-corrected chi connectivity index (χ0v) is 10.5. The molecule has 2 aromatic rings. The molecule has 0 saturated carbocycles. The third kappa shape index (κ3) is 2.54. The lowest BCUT2D eigenvalue weighted by Gasteiger charge is -2.05. The molecule has 84 valence electrons. The fourth-order valence-corrected chi connectivity index (χ4v) is 2.00. The number of nitrogens with zero attached hydrogens (tertiary/aromatic N) is 1. The minimum absolute atomic E-state index is 0.330. The summed E-state index contributed by atoms with van der Waals surface area (Å²) in [4.78, 5) is 0. The van der Waals surface area contributed by atoms with Crippen LogP contribution in [0.4, 0.5) is 4.39 Å². The van der Waals surface area contributed by atoms with Gasteiger partial charge >= 0.3 is 0 Å². The smallest absolute Gasteiger partial charge is 0.123 e. The molecule has 0 fully saturated rings. The second kappa shape index (κ2) is 5.11. The summed E-state index contributed by atoms with van der Waals surface area (Å²) in [7, 11) is 0. The second-order valence-electron chi connectivity index (χ2n) is 3.63. The van der Waals surface area contributed by atoms with Gasteiger partial charge in [0.2, 0.25) is 0 Å². The molecule has 2 aromatic carbocycles. The summed E-state index contributed by atoms with van der Waals surface area (Å²) >= 11 is 3.37. The number of nitriles is 1. The summed E-state index contributed by atoms with van der Waals surface area (Å²) in [6.07, 6.45) is 0. The Balaban J connectivity index is 2.52. The molecule has 0 atom stereocenters. The third-order valence-electron chi connectivity index (χ3n) is 2.52. The van der Waals surface area contributed by atoms with Crippen molar-refractivity contribution in [3.8, 4) is 17.2 Å².